The average molecular weight is 338 g/mol. The number of aromatic nitrogens is 2. The van der Waals surface area contributed by atoms with Crippen LogP contribution < -0.4 is 5.73 Å². The Morgan fingerprint density at radius 2 is 2.00 bits per heavy atom. The highest BCUT2D eigenvalue weighted by atomic mass is 16.2. The summed E-state index contributed by atoms with van der Waals surface area (Å²) in [6.07, 6.45) is 6.21. The Morgan fingerprint density at radius 1 is 1.20 bits per heavy atom. The Labute approximate surface area is 148 Å². The number of amides is 1. The molecular weight excluding hydrogens is 312 g/mol. The molecule has 1 aromatic carbocycles. The predicted molar refractivity (Wildman–Crippen MR) is 97.9 cm³/mol. The van der Waals surface area contributed by atoms with Crippen LogP contribution in [0, 0.1) is 0 Å². The molecule has 1 amide bonds. The minimum atomic E-state index is -0.00601. The van der Waals surface area contributed by atoms with E-state index in [0.717, 1.165) is 56.3 Å². The first-order valence-electron chi connectivity index (χ1n) is 9.39. The zero-order valence-electron chi connectivity index (χ0n) is 14.8. The Balaban J connectivity index is 1.72. The van der Waals surface area contributed by atoms with Crippen molar-refractivity contribution in [1.29, 1.82) is 0 Å². The molecule has 5 heteroatoms. The quantitative estimate of drug-likeness (QED) is 0.936. The molecule has 2 heterocycles. The van der Waals surface area contributed by atoms with Gasteiger partial charge in [-0.2, -0.15) is 5.10 Å². The Bertz CT molecular complexity index is 766. The van der Waals surface area contributed by atoms with Crippen LogP contribution in [-0.2, 0) is 12.8 Å². The van der Waals surface area contributed by atoms with E-state index in [9.17, 15) is 4.79 Å². The zero-order chi connectivity index (χ0) is 17.4. The summed E-state index contributed by atoms with van der Waals surface area (Å²) >= 11 is 0. The first-order valence-corrected chi connectivity index (χ1v) is 9.39. The topological polar surface area (TPSA) is 64.2 Å². The molecule has 2 unspecified atom stereocenters. The lowest BCUT2D eigenvalue weighted by Gasteiger charge is -2.37. The van der Waals surface area contributed by atoms with Crippen molar-refractivity contribution in [3.8, 4) is 5.69 Å². The van der Waals surface area contributed by atoms with Crippen molar-refractivity contribution in [2.24, 2.45) is 5.73 Å². The summed E-state index contributed by atoms with van der Waals surface area (Å²) in [6, 6.07) is 10.2. The van der Waals surface area contributed by atoms with Crippen LogP contribution in [0.25, 0.3) is 5.69 Å². The summed E-state index contributed by atoms with van der Waals surface area (Å²) in [5, 5.41) is 4.76. The van der Waals surface area contributed by atoms with Gasteiger partial charge in [-0.3, -0.25) is 4.79 Å². The molecule has 1 aliphatic carbocycles. The number of piperidine rings is 1. The highest BCUT2D eigenvalue weighted by Gasteiger charge is 2.34. The molecule has 2 atom stereocenters. The zero-order valence-corrected chi connectivity index (χ0v) is 14.8. The van der Waals surface area contributed by atoms with Crippen molar-refractivity contribution in [3.63, 3.8) is 0 Å². The van der Waals surface area contributed by atoms with Crippen LogP contribution in [0.2, 0.25) is 0 Å². The third kappa shape index (κ3) is 2.86. The second-order valence-electron chi connectivity index (χ2n) is 7.30. The smallest absolute Gasteiger partial charge is 0.274 e. The SMILES string of the molecule is CC(N)C1CCCCN1C(=O)c1nn(-c2ccccc2)c2c1CCC2. The van der Waals surface area contributed by atoms with Crippen LogP contribution in [-0.4, -0.2) is 39.2 Å². The van der Waals surface area contributed by atoms with Gasteiger partial charge in [0.15, 0.2) is 5.69 Å². The molecule has 0 bridgehead atoms. The molecule has 1 saturated heterocycles. The maximum atomic E-state index is 13.3. The maximum absolute atomic E-state index is 13.3. The summed E-state index contributed by atoms with van der Waals surface area (Å²) in [5.74, 6) is 0.0647. The molecular formula is C20H26N4O. The number of carbonyl (C=O) groups is 1. The Morgan fingerprint density at radius 3 is 2.76 bits per heavy atom. The van der Waals surface area contributed by atoms with E-state index in [-0.39, 0.29) is 18.0 Å². The summed E-state index contributed by atoms with van der Waals surface area (Å²) in [6.45, 7) is 2.79. The molecule has 1 fully saturated rings. The monoisotopic (exact) mass is 338 g/mol. The second kappa shape index (κ2) is 6.64. The predicted octanol–water partition coefficient (Wildman–Crippen LogP) is 2.70. The molecule has 1 aromatic heterocycles. The van der Waals surface area contributed by atoms with E-state index in [1.165, 1.54) is 5.69 Å². The van der Waals surface area contributed by atoms with Crippen LogP contribution in [0.15, 0.2) is 30.3 Å². The number of para-hydroxylation sites is 1. The van der Waals surface area contributed by atoms with Crippen LogP contribution in [0.1, 0.15) is 54.4 Å². The summed E-state index contributed by atoms with van der Waals surface area (Å²) in [7, 11) is 0. The van der Waals surface area contributed by atoms with E-state index in [0.29, 0.717) is 5.69 Å². The molecule has 0 saturated carbocycles. The number of benzene rings is 1. The Hall–Kier alpha value is -2.14. The van der Waals surface area contributed by atoms with Gasteiger partial charge in [-0.1, -0.05) is 18.2 Å². The third-order valence-electron chi connectivity index (χ3n) is 5.55. The molecule has 2 aromatic rings. The first kappa shape index (κ1) is 16.3. The molecule has 25 heavy (non-hydrogen) atoms. The van der Waals surface area contributed by atoms with Crippen molar-refractivity contribution in [3.05, 3.63) is 47.3 Å². The van der Waals surface area contributed by atoms with Gasteiger partial charge in [-0.15, -0.1) is 0 Å². The van der Waals surface area contributed by atoms with Gasteiger partial charge >= 0.3 is 0 Å². The van der Waals surface area contributed by atoms with Gasteiger partial charge in [-0.05, 0) is 57.6 Å². The third-order valence-corrected chi connectivity index (χ3v) is 5.55. The summed E-state index contributed by atoms with van der Waals surface area (Å²) in [4.78, 5) is 15.3. The number of nitrogens with two attached hydrogens (primary N) is 1. The van der Waals surface area contributed by atoms with E-state index in [1.807, 2.05) is 46.8 Å². The molecule has 2 aliphatic rings. The van der Waals surface area contributed by atoms with Crippen molar-refractivity contribution < 1.29 is 4.79 Å². The van der Waals surface area contributed by atoms with E-state index in [4.69, 9.17) is 10.8 Å². The molecule has 0 radical (unpaired) electrons. The lowest BCUT2D eigenvalue weighted by Crippen LogP contribution is -2.51. The number of nitrogens with zero attached hydrogens (tertiary/aromatic N) is 3. The molecule has 1 aliphatic heterocycles. The van der Waals surface area contributed by atoms with Gasteiger partial charge in [-0.25, -0.2) is 4.68 Å². The number of hydrogen-bond donors (Lipinski definition) is 1. The van der Waals surface area contributed by atoms with Gasteiger partial charge < -0.3 is 10.6 Å². The number of fused-ring (bicyclic) bond motifs is 1. The molecule has 0 spiro atoms. The van der Waals surface area contributed by atoms with Crippen LogP contribution >= 0.6 is 0 Å². The van der Waals surface area contributed by atoms with Crippen molar-refractivity contribution >= 4 is 5.91 Å². The molecule has 5 nitrogen and oxygen atoms in total. The fraction of sp³-hybridized carbons (Fsp3) is 0.500. The minimum absolute atomic E-state index is 0.00601. The Kier molecular flexibility index (Phi) is 4.34. The van der Waals surface area contributed by atoms with Crippen LogP contribution in [0.3, 0.4) is 0 Å². The average Bonchev–Trinajstić information content (AvgIpc) is 3.24. The summed E-state index contributed by atoms with van der Waals surface area (Å²) < 4.78 is 1.97. The van der Waals surface area contributed by atoms with E-state index in [2.05, 4.69) is 0 Å². The second-order valence-corrected chi connectivity index (χ2v) is 7.30. The molecule has 132 valence electrons. The van der Waals surface area contributed by atoms with Gasteiger partial charge in [0, 0.05) is 29.9 Å². The fourth-order valence-corrected chi connectivity index (χ4v) is 4.28. The van der Waals surface area contributed by atoms with Crippen LogP contribution in [0.4, 0.5) is 0 Å². The number of likely N-dealkylation sites (tertiary alicyclic amines) is 1. The van der Waals surface area contributed by atoms with Crippen LogP contribution in [0.5, 0.6) is 0 Å². The van der Waals surface area contributed by atoms with Gasteiger partial charge in [0.2, 0.25) is 0 Å². The highest BCUT2D eigenvalue weighted by Crippen LogP contribution is 2.30. The normalized spacial score (nSPS) is 21.2. The number of rotatable bonds is 3. The van der Waals surface area contributed by atoms with Gasteiger partial charge in [0.1, 0.15) is 0 Å². The largest absolute Gasteiger partial charge is 0.333 e. The maximum Gasteiger partial charge on any atom is 0.274 e. The highest BCUT2D eigenvalue weighted by molar-refractivity contribution is 5.94. The lowest BCUT2D eigenvalue weighted by molar-refractivity contribution is 0.0576. The fourth-order valence-electron chi connectivity index (χ4n) is 4.28. The van der Waals surface area contributed by atoms with Crippen molar-refractivity contribution in [2.45, 2.75) is 57.5 Å². The van der Waals surface area contributed by atoms with Crippen molar-refractivity contribution in [1.82, 2.24) is 14.7 Å². The minimum Gasteiger partial charge on any atom is -0.333 e. The molecule has 4 rings (SSSR count). The van der Waals surface area contributed by atoms with Gasteiger partial charge in [0.25, 0.3) is 5.91 Å². The number of carbonyl (C=O) groups excluding carboxylic acids is 1. The lowest BCUT2D eigenvalue weighted by atomic mass is 9.96. The van der Waals surface area contributed by atoms with E-state index >= 15 is 0 Å². The summed E-state index contributed by atoms with van der Waals surface area (Å²) in [5.41, 5.74) is 10.2. The number of hydrogen-bond acceptors (Lipinski definition) is 3. The molecule has 2 N–H and O–H groups in total. The van der Waals surface area contributed by atoms with Crippen molar-refractivity contribution in [2.75, 3.05) is 6.54 Å². The standard InChI is InChI=1S/C20H26N4O/c1-14(21)17-11-5-6-13-23(17)20(25)19-16-10-7-12-18(16)24(22-19)15-8-3-2-4-9-15/h2-4,8-9,14,17H,5-7,10-13,21H2,1H3. The van der Waals surface area contributed by atoms with Gasteiger partial charge in [0.05, 0.1) is 5.69 Å². The van der Waals surface area contributed by atoms with E-state index < -0.39 is 0 Å². The van der Waals surface area contributed by atoms with E-state index in [1.54, 1.807) is 0 Å². The first-order chi connectivity index (χ1) is 12.2.